The van der Waals surface area contributed by atoms with Gasteiger partial charge in [-0.25, -0.2) is 8.78 Å². The molecule has 0 unspecified atom stereocenters. The second kappa shape index (κ2) is 9.50. The fourth-order valence-electron chi connectivity index (χ4n) is 3.20. The molecule has 0 saturated carbocycles. The van der Waals surface area contributed by atoms with Crippen LogP contribution < -0.4 is 0 Å². The quantitative estimate of drug-likeness (QED) is 0.486. The first kappa shape index (κ1) is 20.1. The lowest BCUT2D eigenvalue weighted by molar-refractivity contribution is 0.201. The number of rotatable bonds is 7. The fourth-order valence-corrected chi connectivity index (χ4v) is 3.20. The maximum absolute atomic E-state index is 14.5. The Bertz CT molecular complexity index is 983. The summed E-state index contributed by atoms with van der Waals surface area (Å²) in [4.78, 5) is 2.16. The van der Waals surface area contributed by atoms with Gasteiger partial charge in [0.1, 0.15) is 11.6 Å². The van der Waals surface area contributed by atoms with Gasteiger partial charge < -0.3 is 14.6 Å². The number of halogens is 2. The van der Waals surface area contributed by atoms with Crippen LogP contribution in [0, 0.1) is 23.5 Å². The maximum Gasteiger partial charge on any atom is 0.140 e. The third kappa shape index (κ3) is 4.78. The Kier molecular flexibility index (Phi) is 6.80. The summed E-state index contributed by atoms with van der Waals surface area (Å²) in [6, 6.07) is 11.2. The molecule has 2 aromatic carbocycles. The number of benzene rings is 2. The Morgan fingerprint density at radius 3 is 2.57 bits per heavy atom. The van der Waals surface area contributed by atoms with Crippen LogP contribution in [-0.4, -0.2) is 40.8 Å². The molecule has 1 heterocycles. The zero-order valence-electron chi connectivity index (χ0n) is 16.0. The van der Waals surface area contributed by atoms with Crippen LogP contribution in [0.4, 0.5) is 8.78 Å². The van der Waals surface area contributed by atoms with Gasteiger partial charge in [0.15, 0.2) is 0 Å². The first-order valence-electron chi connectivity index (χ1n) is 9.51. The Morgan fingerprint density at radius 1 is 1.07 bits per heavy atom. The third-order valence-corrected chi connectivity index (χ3v) is 4.75. The molecule has 3 aromatic rings. The highest BCUT2D eigenvalue weighted by atomic mass is 19.1. The van der Waals surface area contributed by atoms with E-state index in [1.807, 2.05) is 16.8 Å². The van der Waals surface area contributed by atoms with Gasteiger partial charge in [0.25, 0.3) is 0 Å². The van der Waals surface area contributed by atoms with E-state index in [9.17, 15) is 8.78 Å². The summed E-state index contributed by atoms with van der Waals surface area (Å²) in [7, 11) is 0. The van der Waals surface area contributed by atoms with Gasteiger partial charge in [0.05, 0.1) is 17.7 Å². The summed E-state index contributed by atoms with van der Waals surface area (Å²) in [6.07, 6.45) is 3.40. The molecule has 146 valence electrons. The molecule has 28 heavy (non-hydrogen) atoms. The van der Waals surface area contributed by atoms with Crippen LogP contribution in [-0.2, 0) is 0 Å². The van der Waals surface area contributed by atoms with Gasteiger partial charge in [0, 0.05) is 30.2 Å². The minimum atomic E-state index is -0.363. The van der Waals surface area contributed by atoms with E-state index in [0.717, 1.165) is 36.1 Å². The smallest absolute Gasteiger partial charge is 0.140 e. The second-order valence-electron chi connectivity index (χ2n) is 6.62. The lowest BCUT2D eigenvalue weighted by Gasteiger charge is -2.17. The maximum atomic E-state index is 14.5. The number of fused-ring (bicyclic) bond motifs is 1. The van der Waals surface area contributed by atoms with E-state index >= 15 is 0 Å². The molecule has 0 fully saturated rings. The van der Waals surface area contributed by atoms with Crippen molar-refractivity contribution < 1.29 is 13.9 Å². The molecule has 0 aliphatic rings. The molecule has 3 rings (SSSR count). The van der Waals surface area contributed by atoms with Crippen LogP contribution in [0.5, 0.6) is 0 Å². The molecule has 0 amide bonds. The predicted octanol–water partition coefficient (Wildman–Crippen LogP) is 4.35. The molecule has 0 radical (unpaired) electrons. The molecule has 0 aliphatic heterocycles. The van der Waals surface area contributed by atoms with Crippen molar-refractivity contribution in [1.29, 1.82) is 0 Å². The number of unbranched alkanes of at least 4 members (excludes halogenated alkanes) is 1. The monoisotopic (exact) mass is 382 g/mol. The largest absolute Gasteiger partial charge is 0.395 e. The van der Waals surface area contributed by atoms with E-state index in [2.05, 4.69) is 23.7 Å². The predicted molar refractivity (Wildman–Crippen MR) is 109 cm³/mol. The number of aliphatic hydroxyl groups excluding tert-OH is 1. The summed E-state index contributed by atoms with van der Waals surface area (Å²) in [5.41, 5.74) is 1.88. The van der Waals surface area contributed by atoms with E-state index in [4.69, 9.17) is 5.11 Å². The lowest BCUT2D eigenvalue weighted by Crippen LogP contribution is -2.27. The van der Waals surface area contributed by atoms with Crippen molar-refractivity contribution in [1.82, 2.24) is 9.47 Å². The summed E-state index contributed by atoms with van der Waals surface area (Å²) >= 11 is 0. The van der Waals surface area contributed by atoms with Gasteiger partial charge in [-0.05, 0) is 62.0 Å². The highest BCUT2D eigenvalue weighted by molar-refractivity contribution is 5.83. The number of nitrogens with zero attached hydrogens (tertiary/aromatic N) is 2. The minimum Gasteiger partial charge on any atom is -0.395 e. The highest BCUT2D eigenvalue weighted by Gasteiger charge is 2.08. The molecule has 0 spiro atoms. The van der Waals surface area contributed by atoms with Crippen molar-refractivity contribution in [3.8, 4) is 17.5 Å². The average molecular weight is 382 g/mol. The Labute approximate surface area is 164 Å². The molecule has 0 saturated heterocycles. The molecule has 0 atom stereocenters. The minimum absolute atomic E-state index is 0.155. The Morgan fingerprint density at radius 2 is 1.86 bits per heavy atom. The second-order valence-corrected chi connectivity index (χ2v) is 6.62. The lowest BCUT2D eigenvalue weighted by atomic mass is 10.1. The van der Waals surface area contributed by atoms with Crippen LogP contribution in [0.15, 0.2) is 48.7 Å². The summed E-state index contributed by atoms with van der Waals surface area (Å²) in [6.45, 7) is 4.64. The number of hydrogen-bond acceptors (Lipinski definition) is 2. The van der Waals surface area contributed by atoms with Crippen LogP contribution in [0.2, 0.25) is 0 Å². The number of hydrogen-bond donors (Lipinski definition) is 1. The first-order valence-corrected chi connectivity index (χ1v) is 9.51. The van der Waals surface area contributed by atoms with E-state index in [1.165, 1.54) is 18.2 Å². The van der Waals surface area contributed by atoms with Crippen LogP contribution >= 0.6 is 0 Å². The molecule has 1 aromatic heterocycles. The zero-order chi connectivity index (χ0) is 19.9. The van der Waals surface area contributed by atoms with Gasteiger partial charge in [-0.15, -0.1) is 0 Å². The Balaban J connectivity index is 1.72. The Hall–Kier alpha value is -2.68. The van der Waals surface area contributed by atoms with E-state index < -0.39 is 0 Å². The molecule has 5 heteroatoms. The van der Waals surface area contributed by atoms with Crippen LogP contribution in [0.3, 0.4) is 0 Å². The standard InChI is InChI=1S/C23H24F2N2O/c1-2-26(14-15-28)12-5-3-4-6-18-16-19-11-13-27(23(19)17-22(18)25)21-9-7-20(24)8-10-21/h7-11,13,16-17,28H,2-3,5,12,14-15H2,1H3. The van der Waals surface area contributed by atoms with Gasteiger partial charge >= 0.3 is 0 Å². The first-order chi connectivity index (χ1) is 13.6. The van der Waals surface area contributed by atoms with Gasteiger partial charge in [0.2, 0.25) is 0 Å². The van der Waals surface area contributed by atoms with Crippen molar-refractivity contribution >= 4 is 10.9 Å². The molecule has 1 N–H and O–H groups in total. The SMILES string of the molecule is CCN(CCO)CCCC#Cc1cc2ccn(-c3ccc(F)cc3)c2cc1F. The van der Waals surface area contributed by atoms with Crippen molar-refractivity contribution in [3.05, 3.63) is 65.9 Å². The van der Waals surface area contributed by atoms with Crippen molar-refractivity contribution in [2.75, 3.05) is 26.2 Å². The third-order valence-electron chi connectivity index (χ3n) is 4.75. The topological polar surface area (TPSA) is 28.4 Å². The summed E-state index contributed by atoms with van der Waals surface area (Å²) in [5.74, 6) is 5.31. The van der Waals surface area contributed by atoms with Crippen molar-refractivity contribution in [2.45, 2.75) is 19.8 Å². The van der Waals surface area contributed by atoms with E-state index in [1.54, 1.807) is 18.2 Å². The molecular weight excluding hydrogens is 358 g/mol. The molecule has 0 aliphatic carbocycles. The van der Waals surface area contributed by atoms with E-state index in [0.29, 0.717) is 18.5 Å². The van der Waals surface area contributed by atoms with Crippen molar-refractivity contribution in [3.63, 3.8) is 0 Å². The number of likely N-dealkylation sites (N-methyl/N-ethyl adjacent to an activating group) is 1. The van der Waals surface area contributed by atoms with Crippen molar-refractivity contribution in [2.24, 2.45) is 0 Å². The van der Waals surface area contributed by atoms with Gasteiger partial charge in [-0.1, -0.05) is 18.8 Å². The molecule has 0 bridgehead atoms. The summed E-state index contributed by atoms with van der Waals surface area (Å²) < 4.78 is 29.5. The van der Waals surface area contributed by atoms with Crippen LogP contribution in [0.25, 0.3) is 16.6 Å². The van der Waals surface area contributed by atoms with Crippen LogP contribution in [0.1, 0.15) is 25.3 Å². The number of aliphatic hydroxyl groups is 1. The average Bonchev–Trinajstić information content (AvgIpc) is 3.10. The highest BCUT2D eigenvalue weighted by Crippen LogP contribution is 2.23. The summed E-state index contributed by atoms with van der Waals surface area (Å²) in [5, 5.41) is 9.88. The normalized spacial score (nSPS) is 11.0. The number of aromatic nitrogens is 1. The zero-order valence-corrected chi connectivity index (χ0v) is 16.0. The van der Waals surface area contributed by atoms with Gasteiger partial charge in [-0.3, -0.25) is 0 Å². The molecule has 3 nitrogen and oxygen atoms in total. The van der Waals surface area contributed by atoms with Gasteiger partial charge in [-0.2, -0.15) is 0 Å². The van der Waals surface area contributed by atoms with E-state index in [-0.39, 0.29) is 18.2 Å². The fraction of sp³-hybridized carbons (Fsp3) is 0.304. The molecular formula is C23H24F2N2O.